The van der Waals surface area contributed by atoms with Crippen molar-refractivity contribution in [2.45, 2.75) is 19.9 Å². The van der Waals surface area contributed by atoms with Crippen LogP contribution < -0.4 is 5.32 Å². The van der Waals surface area contributed by atoms with Crippen LogP contribution in [0.15, 0.2) is 28.7 Å². The smallest absolute Gasteiger partial charge is 0.328 e. The molecule has 1 atom stereocenters. The van der Waals surface area contributed by atoms with Crippen LogP contribution in [-0.2, 0) is 14.3 Å². The first-order chi connectivity index (χ1) is 9.85. The predicted molar refractivity (Wildman–Crippen MR) is 81.9 cm³/mol. The zero-order valence-electron chi connectivity index (χ0n) is 12.0. The van der Waals surface area contributed by atoms with Gasteiger partial charge in [0.25, 0.3) is 0 Å². The summed E-state index contributed by atoms with van der Waals surface area (Å²) in [7, 11) is 1.26. The number of methoxy groups -OCH3 is 1. The van der Waals surface area contributed by atoms with Gasteiger partial charge in [0, 0.05) is 16.1 Å². The summed E-state index contributed by atoms with van der Waals surface area (Å²) in [5.74, 6) is -1.55. The molecule has 1 unspecified atom stereocenters. The molecule has 0 aliphatic rings. The number of rotatable bonds is 5. The highest BCUT2D eigenvalue weighted by atomic mass is 79.9. The molecule has 0 heterocycles. The third-order valence-corrected chi connectivity index (χ3v) is 3.29. The number of carbonyl (C=O) groups is 2. The van der Waals surface area contributed by atoms with Gasteiger partial charge in [0.15, 0.2) is 0 Å². The Morgan fingerprint density at radius 3 is 2.62 bits per heavy atom. The van der Waals surface area contributed by atoms with Crippen LogP contribution in [0.5, 0.6) is 0 Å². The summed E-state index contributed by atoms with van der Waals surface area (Å²) in [5, 5.41) is 2.54. The van der Waals surface area contributed by atoms with Crippen LogP contribution >= 0.6 is 15.9 Å². The average molecular weight is 358 g/mol. The Bertz CT molecular complexity index is 558. The van der Waals surface area contributed by atoms with E-state index in [0.717, 1.165) is 0 Å². The number of halogens is 2. The summed E-state index contributed by atoms with van der Waals surface area (Å²) >= 11 is 3.23. The lowest BCUT2D eigenvalue weighted by molar-refractivity contribution is -0.145. The van der Waals surface area contributed by atoms with Crippen molar-refractivity contribution in [2.24, 2.45) is 5.92 Å². The zero-order valence-corrected chi connectivity index (χ0v) is 13.6. The third-order valence-electron chi connectivity index (χ3n) is 2.79. The molecule has 114 valence electrons. The molecule has 0 saturated carbocycles. The molecule has 0 aromatic heterocycles. The van der Waals surface area contributed by atoms with E-state index in [0.29, 0.717) is 4.47 Å². The van der Waals surface area contributed by atoms with Crippen LogP contribution in [0.1, 0.15) is 19.4 Å². The van der Waals surface area contributed by atoms with E-state index >= 15 is 0 Å². The number of nitrogens with one attached hydrogen (secondary N) is 1. The number of carbonyl (C=O) groups excluding carboxylic acids is 2. The molecule has 0 radical (unpaired) electrons. The lowest BCUT2D eigenvalue weighted by Crippen LogP contribution is -2.44. The van der Waals surface area contributed by atoms with E-state index in [4.69, 9.17) is 0 Å². The van der Waals surface area contributed by atoms with E-state index < -0.39 is 23.7 Å². The van der Waals surface area contributed by atoms with Crippen molar-refractivity contribution in [3.8, 4) is 0 Å². The van der Waals surface area contributed by atoms with Crippen molar-refractivity contribution in [3.05, 3.63) is 40.1 Å². The highest BCUT2D eigenvalue weighted by Crippen LogP contribution is 2.16. The van der Waals surface area contributed by atoms with E-state index in [9.17, 15) is 14.0 Å². The summed E-state index contributed by atoms with van der Waals surface area (Å²) in [6, 6.07) is 3.69. The van der Waals surface area contributed by atoms with Gasteiger partial charge >= 0.3 is 5.97 Å². The first-order valence-electron chi connectivity index (χ1n) is 6.36. The maximum atomic E-state index is 13.5. The van der Waals surface area contributed by atoms with Gasteiger partial charge in [0.1, 0.15) is 11.9 Å². The minimum atomic E-state index is -0.737. The molecule has 0 aliphatic carbocycles. The second-order valence-corrected chi connectivity index (χ2v) is 5.67. The first-order valence-corrected chi connectivity index (χ1v) is 7.16. The number of hydrogen-bond acceptors (Lipinski definition) is 3. The fourth-order valence-electron chi connectivity index (χ4n) is 1.63. The summed E-state index contributed by atoms with van der Waals surface area (Å²) < 4.78 is 18.9. The monoisotopic (exact) mass is 357 g/mol. The van der Waals surface area contributed by atoms with E-state index in [1.165, 1.54) is 25.3 Å². The Balaban J connectivity index is 2.78. The average Bonchev–Trinajstić information content (AvgIpc) is 2.44. The normalized spacial score (nSPS) is 12.5. The van der Waals surface area contributed by atoms with Crippen LogP contribution in [0.2, 0.25) is 0 Å². The van der Waals surface area contributed by atoms with Crippen molar-refractivity contribution in [1.29, 1.82) is 0 Å². The number of ether oxygens (including phenoxy) is 1. The number of esters is 1. The zero-order chi connectivity index (χ0) is 16.0. The highest BCUT2D eigenvalue weighted by molar-refractivity contribution is 9.10. The fourth-order valence-corrected chi connectivity index (χ4v) is 2.01. The molecule has 1 aromatic carbocycles. The standard InChI is InChI=1S/C15H17BrFNO3/c1-9(2)14(15(20)21-3)18-13(19)7-4-10-8-11(16)5-6-12(10)17/h4-9,14H,1-3H3,(H,18,19)/b7-4+. The Kier molecular flexibility index (Phi) is 6.55. The minimum absolute atomic E-state index is 0.114. The van der Waals surface area contributed by atoms with Crippen LogP contribution in [0.4, 0.5) is 4.39 Å². The van der Waals surface area contributed by atoms with Gasteiger partial charge < -0.3 is 10.1 Å². The molecular weight excluding hydrogens is 341 g/mol. The molecule has 0 aliphatic heterocycles. The molecule has 0 spiro atoms. The van der Waals surface area contributed by atoms with Crippen LogP contribution in [0.25, 0.3) is 6.08 Å². The SMILES string of the molecule is COC(=O)C(NC(=O)/C=C/c1cc(Br)ccc1F)C(C)C. The van der Waals surface area contributed by atoms with Crippen LogP contribution in [0.3, 0.4) is 0 Å². The van der Waals surface area contributed by atoms with Crippen molar-refractivity contribution < 1.29 is 18.7 Å². The molecule has 4 nitrogen and oxygen atoms in total. The van der Waals surface area contributed by atoms with Crippen molar-refractivity contribution >= 4 is 33.9 Å². The van der Waals surface area contributed by atoms with Crippen LogP contribution in [-0.4, -0.2) is 25.0 Å². The van der Waals surface area contributed by atoms with Crippen molar-refractivity contribution in [3.63, 3.8) is 0 Å². The molecule has 1 aromatic rings. The van der Waals surface area contributed by atoms with Crippen LogP contribution in [0, 0.1) is 11.7 Å². The van der Waals surface area contributed by atoms with Gasteiger partial charge in [-0.15, -0.1) is 0 Å². The highest BCUT2D eigenvalue weighted by Gasteiger charge is 2.23. The summed E-state index contributed by atoms with van der Waals surface area (Å²) in [4.78, 5) is 23.3. The fraction of sp³-hybridized carbons (Fsp3) is 0.333. The van der Waals surface area contributed by atoms with E-state index in [2.05, 4.69) is 26.0 Å². The quantitative estimate of drug-likeness (QED) is 0.651. The third kappa shape index (κ3) is 5.30. The number of amides is 1. The molecular formula is C15H17BrFNO3. The largest absolute Gasteiger partial charge is 0.467 e. The molecule has 21 heavy (non-hydrogen) atoms. The minimum Gasteiger partial charge on any atom is -0.467 e. The Morgan fingerprint density at radius 1 is 1.38 bits per heavy atom. The summed E-state index contributed by atoms with van der Waals surface area (Å²) in [6.45, 7) is 3.58. The summed E-state index contributed by atoms with van der Waals surface area (Å²) in [5.41, 5.74) is 0.277. The predicted octanol–water partition coefficient (Wildman–Crippen LogP) is 2.92. The van der Waals surface area contributed by atoms with E-state index in [-0.39, 0.29) is 11.5 Å². The van der Waals surface area contributed by atoms with Gasteiger partial charge in [-0.3, -0.25) is 4.79 Å². The topological polar surface area (TPSA) is 55.4 Å². The molecule has 0 fully saturated rings. The van der Waals surface area contributed by atoms with Gasteiger partial charge in [-0.05, 0) is 30.2 Å². The molecule has 0 saturated heterocycles. The molecule has 6 heteroatoms. The molecule has 1 N–H and O–H groups in total. The van der Waals surface area contributed by atoms with Gasteiger partial charge in [-0.1, -0.05) is 29.8 Å². The number of benzene rings is 1. The van der Waals surface area contributed by atoms with Crippen molar-refractivity contribution in [2.75, 3.05) is 7.11 Å². The molecule has 1 amide bonds. The maximum Gasteiger partial charge on any atom is 0.328 e. The molecule has 1 rings (SSSR count). The Morgan fingerprint density at radius 2 is 2.05 bits per heavy atom. The van der Waals surface area contributed by atoms with E-state index in [1.807, 2.05) is 0 Å². The lowest BCUT2D eigenvalue weighted by atomic mass is 10.0. The second-order valence-electron chi connectivity index (χ2n) is 4.75. The Labute approximate surface area is 131 Å². The van der Waals surface area contributed by atoms with E-state index in [1.54, 1.807) is 26.0 Å². The van der Waals surface area contributed by atoms with Gasteiger partial charge in [-0.25, -0.2) is 9.18 Å². The van der Waals surface area contributed by atoms with Gasteiger partial charge in [-0.2, -0.15) is 0 Å². The summed E-state index contributed by atoms with van der Waals surface area (Å²) in [6.07, 6.45) is 2.53. The lowest BCUT2D eigenvalue weighted by Gasteiger charge is -2.18. The Hall–Kier alpha value is -1.69. The first kappa shape index (κ1) is 17.4. The van der Waals surface area contributed by atoms with Gasteiger partial charge in [0.2, 0.25) is 5.91 Å². The second kappa shape index (κ2) is 7.93. The maximum absolute atomic E-state index is 13.5. The van der Waals surface area contributed by atoms with Gasteiger partial charge in [0.05, 0.1) is 7.11 Å². The number of hydrogen-bond donors (Lipinski definition) is 1. The molecule has 0 bridgehead atoms. The van der Waals surface area contributed by atoms with Crippen molar-refractivity contribution in [1.82, 2.24) is 5.32 Å².